The molecule has 1 N–H and O–H groups in total. The van der Waals surface area contributed by atoms with Crippen LogP contribution in [0.15, 0.2) is 51.8 Å². The van der Waals surface area contributed by atoms with E-state index in [9.17, 15) is 4.39 Å². The van der Waals surface area contributed by atoms with Gasteiger partial charge in [-0.2, -0.15) is 0 Å². The van der Waals surface area contributed by atoms with Crippen molar-refractivity contribution in [3.63, 3.8) is 0 Å². The van der Waals surface area contributed by atoms with Crippen LogP contribution in [0.25, 0.3) is 0 Å². The van der Waals surface area contributed by atoms with Crippen LogP contribution in [0.4, 0.5) is 4.39 Å². The first-order chi connectivity index (χ1) is 9.69. The van der Waals surface area contributed by atoms with Crippen molar-refractivity contribution in [2.75, 3.05) is 6.54 Å². The van der Waals surface area contributed by atoms with Gasteiger partial charge in [0.05, 0.1) is 0 Å². The van der Waals surface area contributed by atoms with E-state index < -0.39 is 0 Å². The van der Waals surface area contributed by atoms with E-state index in [0.717, 1.165) is 28.9 Å². The van der Waals surface area contributed by atoms with E-state index in [1.165, 1.54) is 22.6 Å². The Morgan fingerprint density at radius 3 is 2.80 bits per heavy atom. The molecule has 0 radical (unpaired) electrons. The Kier molecular flexibility index (Phi) is 6.07. The van der Waals surface area contributed by atoms with Crippen LogP contribution >= 0.6 is 27.7 Å². The van der Waals surface area contributed by atoms with Crippen LogP contribution in [0.3, 0.4) is 0 Å². The molecule has 0 saturated heterocycles. The van der Waals surface area contributed by atoms with Crippen molar-refractivity contribution >= 4 is 27.7 Å². The third kappa shape index (κ3) is 4.62. The molecule has 0 aromatic heterocycles. The molecule has 0 aliphatic carbocycles. The molecule has 1 nitrogen and oxygen atoms in total. The molecule has 0 atom stereocenters. The summed E-state index contributed by atoms with van der Waals surface area (Å²) in [6, 6.07) is 13.4. The van der Waals surface area contributed by atoms with Crippen molar-refractivity contribution in [1.82, 2.24) is 5.32 Å². The number of hydrogen-bond acceptors (Lipinski definition) is 2. The molecule has 20 heavy (non-hydrogen) atoms. The van der Waals surface area contributed by atoms with Gasteiger partial charge in [0.15, 0.2) is 0 Å². The minimum absolute atomic E-state index is 0.210. The first kappa shape index (κ1) is 15.5. The fourth-order valence-electron chi connectivity index (χ4n) is 1.81. The van der Waals surface area contributed by atoms with Gasteiger partial charge < -0.3 is 5.32 Å². The van der Waals surface area contributed by atoms with Gasteiger partial charge in [-0.05, 0) is 41.9 Å². The van der Waals surface area contributed by atoms with Crippen molar-refractivity contribution < 1.29 is 4.39 Å². The highest BCUT2D eigenvalue weighted by Crippen LogP contribution is 2.27. The molecule has 0 fully saturated rings. The average molecular weight is 354 g/mol. The Morgan fingerprint density at radius 1 is 1.20 bits per heavy atom. The molecule has 0 bridgehead atoms. The number of thioether (sulfide) groups is 1. The predicted molar refractivity (Wildman–Crippen MR) is 87.5 cm³/mol. The van der Waals surface area contributed by atoms with Gasteiger partial charge in [0.25, 0.3) is 0 Å². The van der Waals surface area contributed by atoms with Gasteiger partial charge in [0.1, 0.15) is 5.82 Å². The van der Waals surface area contributed by atoms with Gasteiger partial charge in [-0.25, -0.2) is 4.39 Å². The zero-order chi connectivity index (χ0) is 14.4. The van der Waals surface area contributed by atoms with Crippen LogP contribution in [0.5, 0.6) is 0 Å². The second-order valence-corrected chi connectivity index (χ2v) is 6.36. The topological polar surface area (TPSA) is 12.0 Å². The standard InChI is InChI=1S/C16H17BrFNS/c1-2-19-10-12-4-3-5-15(8-12)20-11-13-6-7-14(18)9-16(13)17/h3-9,19H,2,10-11H2,1H3. The quantitative estimate of drug-likeness (QED) is 0.734. The Hall–Kier alpha value is -0.840. The van der Waals surface area contributed by atoms with E-state index in [1.54, 1.807) is 11.8 Å². The SMILES string of the molecule is CCNCc1cccc(SCc2ccc(F)cc2Br)c1. The summed E-state index contributed by atoms with van der Waals surface area (Å²) >= 11 is 5.17. The lowest BCUT2D eigenvalue weighted by Gasteiger charge is -2.07. The van der Waals surface area contributed by atoms with Crippen LogP contribution < -0.4 is 5.32 Å². The van der Waals surface area contributed by atoms with E-state index in [2.05, 4.69) is 52.4 Å². The number of halogens is 2. The van der Waals surface area contributed by atoms with Gasteiger partial charge in [0.2, 0.25) is 0 Å². The van der Waals surface area contributed by atoms with Gasteiger partial charge in [-0.15, -0.1) is 11.8 Å². The highest BCUT2D eigenvalue weighted by atomic mass is 79.9. The lowest BCUT2D eigenvalue weighted by Crippen LogP contribution is -2.11. The molecule has 106 valence electrons. The van der Waals surface area contributed by atoms with Crippen molar-refractivity contribution in [3.05, 3.63) is 63.9 Å². The molecule has 0 saturated carbocycles. The smallest absolute Gasteiger partial charge is 0.124 e. The van der Waals surface area contributed by atoms with Gasteiger partial charge >= 0.3 is 0 Å². The molecular weight excluding hydrogens is 337 g/mol. The summed E-state index contributed by atoms with van der Waals surface area (Å²) in [5, 5.41) is 3.32. The maximum atomic E-state index is 13.0. The molecule has 0 heterocycles. The minimum Gasteiger partial charge on any atom is -0.313 e. The van der Waals surface area contributed by atoms with E-state index in [0.29, 0.717) is 0 Å². The Balaban J connectivity index is 1.99. The zero-order valence-corrected chi connectivity index (χ0v) is 13.7. The first-order valence-electron chi connectivity index (χ1n) is 6.55. The Morgan fingerprint density at radius 2 is 2.05 bits per heavy atom. The highest BCUT2D eigenvalue weighted by molar-refractivity contribution is 9.10. The number of nitrogens with one attached hydrogen (secondary N) is 1. The molecule has 2 aromatic carbocycles. The third-order valence-electron chi connectivity index (χ3n) is 2.89. The molecule has 2 aromatic rings. The molecule has 0 aliphatic rings. The van der Waals surface area contributed by atoms with Gasteiger partial charge in [-0.3, -0.25) is 0 Å². The molecule has 0 spiro atoms. The molecule has 0 amide bonds. The van der Waals surface area contributed by atoms with Crippen LogP contribution in [-0.4, -0.2) is 6.54 Å². The summed E-state index contributed by atoms with van der Waals surface area (Å²) in [5.74, 6) is 0.615. The second-order valence-electron chi connectivity index (χ2n) is 4.45. The second kappa shape index (κ2) is 7.81. The summed E-state index contributed by atoms with van der Waals surface area (Å²) in [6.07, 6.45) is 0. The summed E-state index contributed by atoms with van der Waals surface area (Å²) in [4.78, 5) is 1.23. The van der Waals surface area contributed by atoms with Crippen LogP contribution in [-0.2, 0) is 12.3 Å². The van der Waals surface area contributed by atoms with Crippen molar-refractivity contribution in [2.24, 2.45) is 0 Å². The maximum Gasteiger partial charge on any atom is 0.124 e. The van der Waals surface area contributed by atoms with E-state index in [4.69, 9.17) is 0 Å². The minimum atomic E-state index is -0.210. The molecule has 2 rings (SSSR count). The maximum absolute atomic E-state index is 13.0. The fourth-order valence-corrected chi connectivity index (χ4v) is 3.47. The summed E-state index contributed by atoms with van der Waals surface area (Å²) in [5.41, 5.74) is 2.39. The largest absolute Gasteiger partial charge is 0.313 e. The van der Waals surface area contributed by atoms with Gasteiger partial charge in [0, 0.05) is 21.7 Å². The average Bonchev–Trinajstić information content (AvgIpc) is 2.45. The monoisotopic (exact) mass is 353 g/mol. The lowest BCUT2D eigenvalue weighted by molar-refractivity contribution is 0.626. The Bertz CT molecular complexity index is 574. The summed E-state index contributed by atoms with van der Waals surface area (Å²) < 4.78 is 13.9. The molecule has 4 heteroatoms. The number of rotatable bonds is 6. The van der Waals surface area contributed by atoms with E-state index >= 15 is 0 Å². The number of benzene rings is 2. The molecule has 0 aliphatic heterocycles. The van der Waals surface area contributed by atoms with Crippen molar-refractivity contribution in [1.29, 1.82) is 0 Å². The fraction of sp³-hybridized carbons (Fsp3) is 0.250. The van der Waals surface area contributed by atoms with Crippen LogP contribution in [0, 0.1) is 5.82 Å². The van der Waals surface area contributed by atoms with Crippen LogP contribution in [0.1, 0.15) is 18.1 Å². The van der Waals surface area contributed by atoms with Gasteiger partial charge in [-0.1, -0.05) is 41.1 Å². The zero-order valence-electron chi connectivity index (χ0n) is 11.3. The molecular formula is C16H17BrFNS. The molecule has 0 unspecified atom stereocenters. The van der Waals surface area contributed by atoms with Crippen molar-refractivity contribution in [2.45, 2.75) is 24.1 Å². The first-order valence-corrected chi connectivity index (χ1v) is 8.33. The Labute approximate surface area is 132 Å². The summed E-state index contributed by atoms with van der Waals surface area (Å²) in [6.45, 7) is 3.97. The number of hydrogen-bond donors (Lipinski definition) is 1. The highest BCUT2D eigenvalue weighted by Gasteiger charge is 2.03. The van der Waals surface area contributed by atoms with E-state index in [1.807, 2.05) is 6.07 Å². The lowest BCUT2D eigenvalue weighted by atomic mass is 10.2. The van der Waals surface area contributed by atoms with E-state index in [-0.39, 0.29) is 5.82 Å². The normalized spacial score (nSPS) is 10.8. The third-order valence-corrected chi connectivity index (χ3v) is 4.67. The van der Waals surface area contributed by atoms with Crippen LogP contribution in [0.2, 0.25) is 0 Å². The van der Waals surface area contributed by atoms with Crippen molar-refractivity contribution in [3.8, 4) is 0 Å². The summed E-state index contributed by atoms with van der Waals surface area (Å²) in [7, 11) is 0. The predicted octanol–water partition coefficient (Wildman–Crippen LogP) is 4.99.